The molecule has 0 N–H and O–H groups in total. The van der Waals surface area contributed by atoms with Gasteiger partial charge in [-0.05, 0) is 6.07 Å². The van der Waals surface area contributed by atoms with Crippen LogP contribution in [0.1, 0.15) is 28.2 Å². The van der Waals surface area contributed by atoms with E-state index in [1.54, 1.807) is 0 Å². The summed E-state index contributed by atoms with van der Waals surface area (Å²) in [6.07, 6.45) is -3.17. The van der Waals surface area contributed by atoms with E-state index in [0.717, 1.165) is 7.11 Å². The topological polar surface area (TPSA) is 63.0 Å². The zero-order valence-corrected chi connectivity index (χ0v) is 8.00. The van der Waals surface area contributed by atoms with Crippen LogP contribution in [0.15, 0.2) is 6.07 Å². The molecule has 0 amide bonds. The van der Waals surface area contributed by atoms with Gasteiger partial charge in [0.2, 0.25) is 0 Å². The summed E-state index contributed by atoms with van der Waals surface area (Å²) in [7, 11) is 0.997. The van der Waals surface area contributed by atoms with Gasteiger partial charge in [-0.25, -0.2) is 22.9 Å². The molecule has 0 radical (unpaired) electrons. The van der Waals surface area contributed by atoms with Crippen molar-refractivity contribution >= 4 is 5.97 Å². The molecule has 0 aliphatic heterocycles. The number of pyridine rings is 1. The van der Waals surface area contributed by atoms with Crippen molar-refractivity contribution in [2.24, 2.45) is 0 Å². The van der Waals surface area contributed by atoms with E-state index in [1.807, 2.05) is 0 Å². The molecule has 0 spiro atoms. The van der Waals surface area contributed by atoms with E-state index < -0.39 is 35.2 Å². The monoisotopic (exact) mass is 230 g/mol. The zero-order valence-electron chi connectivity index (χ0n) is 8.00. The standard InChI is InChI=1S/C9H5F3N2O2/c1-16-9(15)6-4(3-13)2-5(10)7(14-6)8(11)12/h2,8H,1H3. The van der Waals surface area contributed by atoms with Crippen LogP contribution in [0.2, 0.25) is 0 Å². The first kappa shape index (κ1) is 12.0. The van der Waals surface area contributed by atoms with Crippen molar-refractivity contribution < 1.29 is 22.7 Å². The lowest BCUT2D eigenvalue weighted by Gasteiger charge is -2.05. The molecule has 0 aliphatic carbocycles. The van der Waals surface area contributed by atoms with Crippen LogP contribution in [0.3, 0.4) is 0 Å². The first-order valence-corrected chi connectivity index (χ1v) is 3.98. The third-order valence-corrected chi connectivity index (χ3v) is 1.71. The summed E-state index contributed by atoms with van der Waals surface area (Å²) >= 11 is 0. The van der Waals surface area contributed by atoms with E-state index in [-0.39, 0.29) is 0 Å². The van der Waals surface area contributed by atoms with Crippen molar-refractivity contribution in [3.63, 3.8) is 0 Å². The number of nitrogens with zero attached hydrogens (tertiary/aromatic N) is 2. The van der Waals surface area contributed by atoms with Gasteiger partial charge in [-0.3, -0.25) is 0 Å². The maximum Gasteiger partial charge on any atom is 0.358 e. The number of nitriles is 1. The third kappa shape index (κ3) is 2.11. The first-order chi connectivity index (χ1) is 7.51. The number of halogens is 3. The quantitative estimate of drug-likeness (QED) is 0.727. The minimum absolute atomic E-state index is 0.450. The summed E-state index contributed by atoms with van der Waals surface area (Å²) in [4.78, 5) is 14.2. The van der Waals surface area contributed by atoms with Crippen LogP contribution in [0.5, 0.6) is 0 Å². The van der Waals surface area contributed by atoms with E-state index in [0.29, 0.717) is 6.07 Å². The molecule has 0 saturated heterocycles. The number of carbonyl (C=O) groups excluding carboxylic acids is 1. The highest BCUT2D eigenvalue weighted by Crippen LogP contribution is 2.22. The van der Waals surface area contributed by atoms with Crippen LogP contribution < -0.4 is 0 Å². The van der Waals surface area contributed by atoms with E-state index >= 15 is 0 Å². The fraction of sp³-hybridized carbons (Fsp3) is 0.222. The second-order valence-electron chi connectivity index (χ2n) is 2.66. The summed E-state index contributed by atoms with van der Waals surface area (Å²) in [5.41, 5.74) is -2.25. The summed E-state index contributed by atoms with van der Waals surface area (Å²) in [5.74, 6) is -2.40. The SMILES string of the molecule is COC(=O)c1nc(C(F)F)c(F)cc1C#N. The normalized spacial score (nSPS) is 10.0. The van der Waals surface area contributed by atoms with E-state index in [4.69, 9.17) is 5.26 Å². The van der Waals surface area contributed by atoms with Gasteiger partial charge in [-0.1, -0.05) is 0 Å². The summed E-state index contributed by atoms with van der Waals surface area (Å²) in [5, 5.41) is 8.56. The van der Waals surface area contributed by atoms with Gasteiger partial charge in [0.1, 0.15) is 11.8 Å². The molecule has 1 rings (SSSR count). The Morgan fingerprint density at radius 3 is 2.69 bits per heavy atom. The van der Waals surface area contributed by atoms with Crippen molar-refractivity contribution in [2.45, 2.75) is 6.43 Å². The fourth-order valence-electron chi connectivity index (χ4n) is 0.994. The highest BCUT2D eigenvalue weighted by Gasteiger charge is 2.22. The molecule has 0 saturated carbocycles. The number of alkyl halides is 2. The number of ether oxygens (including phenoxy) is 1. The molecular weight excluding hydrogens is 225 g/mol. The Hall–Kier alpha value is -2.10. The lowest BCUT2D eigenvalue weighted by atomic mass is 10.2. The third-order valence-electron chi connectivity index (χ3n) is 1.71. The van der Waals surface area contributed by atoms with Crippen LogP contribution in [0.25, 0.3) is 0 Å². The van der Waals surface area contributed by atoms with Gasteiger partial charge in [0.15, 0.2) is 11.5 Å². The Morgan fingerprint density at radius 2 is 2.25 bits per heavy atom. The summed E-state index contributed by atoms with van der Waals surface area (Å²) in [6, 6.07) is 2.00. The predicted molar refractivity (Wildman–Crippen MR) is 45.2 cm³/mol. The molecule has 0 fully saturated rings. The minimum atomic E-state index is -3.17. The van der Waals surface area contributed by atoms with Gasteiger partial charge < -0.3 is 4.74 Å². The number of esters is 1. The molecule has 84 valence electrons. The molecule has 0 aliphatic rings. The van der Waals surface area contributed by atoms with Crippen LogP contribution >= 0.6 is 0 Å². The van der Waals surface area contributed by atoms with Crippen LogP contribution in [0.4, 0.5) is 13.2 Å². The lowest BCUT2D eigenvalue weighted by molar-refractivity contribution is 0.0591. The molecule has 0 unspecified atom stereocenters. The highest BCUT2D eigenvalue weighted by molar-refractivity contribution is 5.89. The van der Waals surface area contributed by atoms with Crippen molar-refractivity contribution in [1.82, 2.24) is 4.98 Å². The Labute approximate surface area is 88.3 Å². The Bertz CT molecular complexity index is 469. The van der Waals surface area contributed by atoms with Gasteiger partial charge in [0.25, 0.3) is 6.43 Å². The number of hydrogen-bond donors (Lipinski definition) is 0. The lowest BCUT2D eigenvalue weighted by Crippen LogP contribution is -2.11. The fourth-order valence-corrected chi connectivity index (χ4v) is 0.994. The molecule has 7 heteroatoms. The van der Waals surface area contributed by atoms with Crippen molar-refractivity contribution in [2.75, 3.05) is 7.11 Å². The van der Waals surface area contributed by atoms with Gasteiger partial charge >= 0.3 is 5.97 Å². The van der Waals surface area contributed by atoms with Crippen LogP contribution in [-0.2, 0) is 4.74 Å². The largest absolute Gasteiger partial charge is 0.464 e. The van der Waals surface area contributed by atoms with Crippen LogP contribution in [-0.4, -0.2) is 18.1 Å². The number of rotatable bonds is 2. The number of carbonyl (C=O) groups is 1. The number of aromatic nitrogens is 1. The molecule has 0 atom stereocenters. The van der Waals surface area contributed by atoms with Crippen molar-refractivity contribution in [3.8, 4) is 6.07 Å². The smallest absolute Gasteiger partial charge is 0.358 e. The maximum absolute atomic E-state index is 13.0. The molecule has 16 heavy (non-hydrogen) atoms. The average Bonchev–Trinajstić information content (AvgIpc) is 2.27. The van der Waals surface area contributed by atoms with Crippen molar-refractivity contribution in [1.29, 1.82) is 5.26 Å². The van der Waals surface area contributed by atoms with Crippen molar-refractivity contribution in [3.05, 3.63) is 28.8 Å². The predicted octanol–water partition coefficient (Wildman–Crippen LogP) is 1.82. The van der Waals surface area contributed by atoms with Gasteiger partial charge in [0, 0.05) is 0 Å². The second-order valence-corrected chi connectivity index (χ2v) is 2.66. The van der Waals surface area contributed by atoms with Gasteiger partial charge in [-0.2, -0.15) is 5.26 Å². The Kier molecular flexibility index (Phi) is 3.45. The molecule has 0 aromatic carbocycles. The maximum atomic E-state index is 13.0. The molecule has 4 nitrogen and oxygen atoms in total. The van der Waals surface area contributed by atoms with Crippen LogP contribution in [0, 0.1) is 17.1 Å². The van der Waals surface area contributed by atoms with E-state index in [9.17, 15) is 18.0 Å². The molecule has 1 aromatic heterocycles. The first-order valence-electron chi connectivity index (χ1n) is 3.98. The van der Waals surface area contributed by atoms with E-state index in [2.05, 4.69) is 9.72 Å². The summed E-state index contributed by atoms with van der Waals surface area (Å²) < 4.78 is 41.8. The summed E-state index contributed by atoms with van der Waals surface area (Å²) in [6.45, 7) is 0. The molecule has 0 bridgehead atoms. The Morgan fingerprint density at radius 1 is 1.62 bits per heavy atom. The molecule has 1 aromatic rings. The molecule has 1 heterocycles. The second kappa shape index (κ2) is 4.61. The molecular formula is C9H5F3N2O2. The van der Waals surface area contributed by atoms with Gasteiger partial charge in [0.05, 0.1) is 12.7 Å². The van der Waals surface area contributed by atoms with Gasteiger partial charge in [-0.15, -0.1) is 0 Å². The highest BCUT2D eigenvalue weighted by atomic mass is 19.3. The average molecular weight is 230 g/mol. The number of hydrogen-bond acceptors (Lipinski definition) is 4. The Balaban J connectivity index is 3.42. The zero-order chi connectivity index (χ0) is 12.3. The number of methoxy groups -OCH3 is 1. The minimum Gasteiger partial charge on any atom is -0.464 e. The van der Waals surface area contributed by atoms with E-state index in [1.165, 1.54) is 6.07 Å².